The fraction of sp³-hybridized carbons (Fsp3) is 0.0714. The van der Waals surface area contributed by atoms with E-state index in [0.29, 0.717) is 22.9 Å². The molecule has 0 fully saturated rings. The summed E-state index contributed by atoms with van der Waals surface area (Å²) in [5, 5.41) is 33.5. The molecule has 0 saturated heterocycles. The van der Waals surface area contributed by atoms with Crippen LogP contribution >= 0.6 is 0 Å². The number of aromatic nitrogens is 2. The molecule has 0 spiro atoms. The average molecular weight is 507 g/mol. The second kappa shape index (κ2) is 12.3. The SMILES string of the molecule is COc1cc(/C=C/c2cc(/C=C/c3ccc(O)c(OC)c3)n(-c3ccc(C(=O)O)cc3)n2)ccc1O.[Na]. The predicted octanol–water partition coefficient (Wildman–Crippen LogP) is 4.96. The van der Waals surface area contributed by atoms with Gasteiger partial charge in [-0.3, -0.25) is 0 Å². The molecule has 0 bridgehead atoms. The molecule has 1 radical (unpaired) electrons. The number of phenols is 2. The Morgan fingerprint density at radius 2 is 1.32 bits per heavy atom. The van der Waals surface area contributed by atoms with Crippen molar-refractivity contribution < 1.29 is 29.6 Å². The van der Waals surface area contributed by atoms with Gasteiger partial charge in [0.1, 0.15) is 0 Å². The van der Waals surface area contributed by atoms with Crippen molar-refractivity contribution in [2.45, 2.75) is 0 Å². The largest absolute Gasteiger partial charge is 0.504 e. The van der Waals surface area contributed by atoms with Gasteiger partial charge in [-0.15, -0.1) is 0 Å². The summed E-state index contributed by atoms with van der Waals surface area (Å²) in [6, 6.07) is 18.4. The molecule has 0 aliphatic carbocycles. The summed E-state index contributed by atoms with van der Waals surface area (Å²) < 4.78 is 12.0. The number of benzene rings is 3. The summed E-state index contributed by atoms with van der Waals surface area (Å²) in [5.74, 6) is -0.160. The Morgan fingerprint density at radius 1 is 0.784 bits per heavy atom. The van der Waals surface area contributed by atoms with Gasteiger partial charge in [0.15, 0.2) is 23.0 Å². The summed E-state index contributed by atoms with van der Waals surface area (Å²) in [6.07, 6.45) is 7.40. The number of phenolic OH excluding ortho intramolecular Hbond substituents is 2. The van der Waals surface area contributed by atoms with Crippen LogP contribution in [-0.2, 0) is 0 Å². The first-order valence-corrected chi connectivity index (χ1v) is 10.9. The third-order valence-electron chi connectivity index (χ3n) is 5.42. The van der Waals surface area contributed by atoms with Gasteiger partial charge in [0.25, 0.3) is 0 Å². The van der Waals surface area contributed by atoms with Gasteiger partial charge in [-0.1, -0.05) is 24.3 Å². The smallest absolute Gasteiger partial charge is 0.335 e. The molecule has 9 heteroatoms. The van der Waals surface area contributed by atoms with E-state index in [1.165, 1.54) is 26.4 Å². The summed E-state index contributed by atoms with van der Waals surface area (Å²) in [6.45, 7) is 0. The number of hydrogen-bond acceptors (Lipinski definition) is 6. The number of hydrogen-bond donors (Lipinski definition) is 3. The van der Waals surface area contributed by atoms with Gasteiger partial charge in [-0.2, -0.15) is 5.10 Å². The summed E-state index contributed by atoms with van der Waals surface area (Å²) >= 11 is 0. The first kappa shape index (κ1) is 27.6. The van der Waals surface area contributed by atoms with E-state index >= 15 is 0 Å². The molecule has 37 heavy (non-hydrogen) atoms. The molecule has 1 aromatic heterocycles. The third-order valence-corrected chi connectivity index (χ3v) is 5.42. The second-order valence-electron chi connectivity index (χ2n) is 7.79. The molecule has 0 amide bonds. The molecule has 0 aliphatic heterocycles. The zero-order chi connectivity index (χ0) is 25.7. The van der Waals surface area contributed by atoms with Crippen molar-refractivity contribution in [2.24, 2.45) is 0 Å². The van der Waals surface area contributed by atoms with E-state index in [1.807, 2.05) is 30.4 Å². The van der Waals surface area contributed by atoms with E-state index in [0.717, 1.165) is 16.8 Å². The fourth-order valence-corrected chi connectivity index (χ4v) is 3.53. The Morgan fingerprint density at radius 3 is 1.84 bits per heavy atom. The van der Waals surface area contributed by atoms with E-state index in [4.69, 9.17) is 9.47 Å². The van der Waals surface area contributed by atoms with Crippen LogP contribution in [0.5, 0.6) is 23.0 Å². The minimum absolute atomic E-state index is 0. The maximum Gasteiger partial charge on any atom is 0.335 e. The van der Waals surface area contributed by atoms with Crippen LogP contribution in [0.15, 0.2) is 66.7 Å². The Labute approximate surface area is 236 Å². The second-order valence-corrected chi connectivity index (χ2v) is 7.79. The number of ether oxygens (including phenoxy) is 2. The van der Waals surface area contributed by atoms with E-state index in [2.05, 4.69) is 5.10 Å². The summed E-state index contributed by atoms with van der Waals surface area (Å²) in [5.41, 5.74) is 3.90. The van der Waals surface area contributed by atoms with Crippen LogP contribution in [0.25, 0.3) is 30.0 Å². The quantitative estimate of drug-likeness (QED) is 0.289. The Balaban J connectivity index is 0.00000380. The molecule has 0 atom stereocenters. The number of carboxylic acid groups (broad SMARTS) is 1. The summed E-state index contributed by atoms with van der Waals surface area (Å²) in [4.78, 5) is 11.2. The van der Waals surface area contributed by atoms with Crippen molar-refractivity contribution in [3.63, 3.8) is 0 Å². The van der Waals surface area contributed by atoms with Gasteiger partial charge < -0.3 is 24.8 Å². The molecule has 1 heterocycles. The third kappa shape index (κ3) is 6.62. The van der Waals surface area contributed by atoms with Crippen LogP contribution < -0.4 is 9.47 Å². The molecule has 4 rings (SSSR count). The topological polar surface area (TPSA) is 114 Å². The fourth-order valence-electron chi connectivity index (χ4n) is 3.53. The van der Waals surface area contributed by atoms with Crippen molar-refractivity contribution >= 4 is 59.8 Å². The van der Waals surface area contributed by atoms with Crippen molar-refractivity contribution in [3.8, 4) is 28.7 Å². The molecular formula is C28H24N2NaO6. The van der Waals surface area contributed by atoms with Crippen LogP contribution in [0.4, 0.5) is 0 Å². The van der Waals surface area contributed by atoms with Crippen molar-refractivity contribution in [1.82, 2.24) is 9.78 Å². The predicted molar refractivity (Wildman–Crippen MR) is 143 cm³/mol. The number of aromatic carboxylic acids is 1. The normalized spacial score (nSPS) is 11.0. The summed E-state index contributed by atoms with van der Waals surface area (Å²) in [7, 11) is 2.98. The monoisotopic (exact) mass is 507 g/mol. The number of methoxy groups -OCH3 is 2. The van der Waals surface area contributed by atoms with Gasteiger partial charge in [0.2, 0.25) is 0 Å². The Bertz CT molecular complexity index is 1460. The number of aromatic hydroxyl groups is 2. The van der Waals surface area contributed by atoms with Crippen LogP contribution in [0, 0.1) is 0 Å². The van der Waals surface area contributed by atoms with Gasteiger partial charge in [-0.05, 0) is 77.9 Å². The van der Waals surface area contributed by atoms with Crippen LogP contribution in [-0.4, -0.2) is 74.8 Å². The molecule has 3 aromatic carbocycles. The van der Waals surface area contributed by atoms with Crippen LogP contribution in [0.2, 0.25) is 0 Å². The van der Waals surface area contributed by atoms with E-state index in [9.17, 15) is 20.1 Å². The number of carbonyl (C=O) groups is 1. The maximum absolute atomic E-state index is 11.2. The molecule has 3 N–H and O–H groups in total. The molecule has 8 nitrogen and oxygen atoms in total. The van der Waals surface area contributed by atoms with Gasteiger partial charge >= 0.3 is 5.97 Å². The number of carboxylic acids is 1. The molecule has 0 saturated carbocycles. The zero-order valence-electron chi connectivity index (χ0n) is 20.6. The molecule has 183 valence electrons. The maximum atomic E-state index is 11.2. The van der Waals surface area contributed by atoms with E-state index < -0.39 is 5.97 Å². The van der Waals surface area contributed by atoms with Crippen molar-refractivity contribution in [1.29, 1.82) is 0 Å². The molecular weight excluding hydrogens is 483 g/mol. The number of rotatable bonds is 8. The van der Waals surface area contributed by atoms with Gasteiger partial charge in [0.05, 0.1) is 36.9 Å². The van der Waals surface area contributed by atoms with Gasteiger partial charge in [0, 0.05) is 29.6 Å². The Hall–Kier alpha value is -3.98. The first-order valence-electron chi connectivity index (χ1n) is 10.9. The molecule has 4 aromatic rings. The van der Waals surface area contributed by atoms with E-state index in [1.54, 1.807) is 53.2 Å². The van der Waals surface area contributed by atoms with Crippen molar-refractivity contribution in [3.05, 3.63) is 94.8 Å². The van der Waals surface area contributed by atoms with Gasteiger partial charge in [-0.25, -0.2) is 9.48 Å². The van der Waals surface area contributed by atoms with Crippen molar-refractivity contribution in [2.75, 3.05) is 14.2 Å². The number of nitrogens with zero attached hydrogens (tertiary/aromatic N) is 2. The standard InChI is InChI=1S/C28H24N2O6.Na/c1-35-26-15-18(5-13-24(26)31)3-9-21-17-23(10-4-19-6-14-25(32)27(16-19)36-2)30(29-21)22-11-7-20(8-12-22)28(33)34;/h3-17,31-32H,1-2H3,(H,33,34);/b9-3+,10-4+;. The molecule has 0 aliphatic rings. The molecule has 0 unspecified atom stereocenters. The minimum atomic E-state index is -1.00. The first-order chi connectivity index (χ1) is 17.4. The van der Waals surface area contributed by atoms with Crippen LogP contribution in [0.1, 0.15) is 32.9 Å². The minimum Gasteiger partial charge on any atom is -0.504 e. The average Bonchev–Trinajstić information content (AvgIpc) is 3.30. The Kier molecular flexibility index (Phi) is 9.19. The van der Waals surface area contributed by atoms with Crippen LogP contribution in [0.3, 0.4) is 0 Å². The zero-order valence-corrected chi connectivity index (χ0v) is 22.6. The van der Waals surface area contributed by atoms with E-state index in [-0.39, 0.29) is 46.6 Å².